The zero-order valence-electron chi connectivity index (χ0n) is 6.58. The number of rotatable bonds is 2. The number of nitrogens with zero attached hydrogens (tertiary/aromatic N) is 2. The first-order valence-electron chi connectivity index (χ1n) is 3.63. The summed E-state index contributed by atoms with van der Waals surface area (Å²) in [6, 6.07) is 6.69. The number of para-hydroxylation sites is 2. The molecule has 0 amide bonds. The van der Waals surface area contributed by atoms with Gasteiger partial charge in [0.05, 0.1) is 0 Å². The zero-order valence-corrected chi connectivity index (χ0v) is 6.58. The molecule has 0 bridgehead atoms. The van der Waals surface area contributed by atoms with E-state index in [9.17, 15) is 10.0 Å². The molecule has 5 heteroatoms. The number of quaternary nitrogens is 1. The monoisotopic (exact) mass is 178 g/mol. The van der Waals surface area contributed by atoms with Crippen LogP contribution < -0.4 is 4.81 Å². The van der Waals surface area contributed by atoms with Crippen LogP contribution in [0.2, 0.25) is 0 Å². The number of hydroxylamine groups is 2. The summed E-state index contributed by atoms with van der Waals surface area (Å²) in [5, 5.41) is 11.7. The highest BCUT2D eigenvalue weighted by Gasteiger charge is 2.30. The van der Waals surface area contributed by atoms with Gasteiger partial charge in [-0.2, -0.15) is 4.99 Å². The fourth-order valence-electron chi connectivity index (χ4n) is 1.19. The molecule has 13 heavy (non-hydrogen) atoms. The smallest absolute Gasteiger partial charge is 0.357 e. The predicted octanol–water partition coefficient (Wildman–Crippen LogP) is 1.25. The SMILES string of the molecule is O=CO[N+]1([O-])C=Nc2ccccc21. The Hall–Kier alpha value is -1.72. The maximum atomic E-state index is 11.7. The normalized spacial score (nSPS) is 24.1. The Morgan fingerprint density at radius 3 is 3.00 bits per heavy atom. The standard InChI is InChI=1S/C8H6N2O3/c11-6-13-10(12)5-9-7-3-1-2-4-8(7)10/h1-6H. The van der Waals surface area contributed by atoms with Crippen LogP contribution in [-0.2, 0) is 9.63 Å². The van der Waals surface area contributed by atoms with Crippen molar-refractivity contribution >= 4 is 24.2 Å². The van der Waals surface area contributed by atoms with Gasteiger partial charge in [-0.25, -0.2) is 4.79 Å². The summed E-state index contributed by atoms with van der Waals surface area (Å²) >= 11 is 0. The van der Waals surface area contributed by atoms with Gasteiger partial charge < -0.3 is 5.21 Å². The van der Waals surface area contributed by atoms with E-state index in [1.54, 1.807) is 24.3 Å². The Morgan fingerprint density at radius 1 is 1.46 bits per heavy atom. The third kappa shape index (κ3) is 1.10. The minimum Gasteiger partial charge on any atom is -0.578 e. The Morgan fingerprint density at radius 2 is 2.23 bits per heavy atom. The number of hydrogen-bond acceptors (Lipinski definition) is 4. The zero-order chi connectivity index (χ0) is 9.31. The van der Waals surface area contributed by atoms with Crippen LogP contribution in [0.25, 0.3) is 0 Å². The van der Waals surface area contributed by atoms with Crippen LogP contribution in [0.5, 0.6) is 0 Å². The minimum atomic E-state index is -1.26. The number of carbonyl (C=O) groups excluding carboxylic acids is 1. The van der Waals surface area contributed by atoms with Gasteiger partial charge in [0.25, 0.3) is 0 Å². The molecular formula is C8H6N2O3. The number of fused-ring (bicyclic) bond motifs is 1. The number of hydrogen-bond donors (Lipinski definition) is 0. The molecule has 1 atom stereocenters. The van der Waals surface area contributed by atoms with Crippen LogP contribution >= 0.6 is 0 Å². The molecule has 2 rings (SSSR count). The molecule has 1 aliphatic rings. The molecule has 1 aromatic rings. The van der Waals surface area contributed by atoms with E-state index in [1.165, 1.54) is 0 Å². The topological polar surface area (TPSA) is 61.7 Å². The van der Waals surface area contributed by atoms with E-state index in [2.05, 4.69) is 9.83 Å². The molecular weight excluding hydrogens is 172 g/mol. The van der Waals surface area contributed by atoms with E-state index >= 15 is 0 Å². The van der Waals surface area contributed by atoms with E-state index in [1.807, 2.05) is 0 Å². The molecule has 0 saturated heterocycles. The quantitative estimate of drug-likeness (QED) is 0.389. The van der Waals surface area contributed by atoms with Gasteiger partial charge in [0, 0.05) is 6.07 Å². The van der Waals surface area contributed by atoms with Crippen LogP contribution in [0.1, 0.15) is 0 Å². The second-order valence-electron chi connectivity index (χ2n) is 2.53. The lowest BCUT2D eigenvalue weighted by molar-refractivity contribution is -0.145. The molecule has 0 aliphatic carbocycles. The minimum absolute atomic E-state index is 0.112. The number of benzene rings is 1. The van der Waals surface area contributed by atoms with Crippen molar-refractivity contribution in [2.45, 2.75) is 0 Å². The van der Waals surface area contributed by atoms with Gasteiger partial charge in [0.2, 0.25) is 12.0 Å². The third-order valence-electron chi connectivity index (χ3n) is 1.77. The first-order chi connectivity index (χ1) is 6.26. The van der Waals surface area contributed by atoms with Gasteiger partial charge in [0.15, 0.2) is 0 Å². The molecule has 66 valence electrons. The maximum Gasteiger partial charge on any atom is 0.357 e. The molecule has 1 aromatic carbocycles. The van der Waals surface area contributed by atoms with Crippen molar-refractivity contribution in [2.24, 2.45) is 4.99 Å². The Balaban J connectivity index is 2.48. The fraction of sp³-hybridized carbons (Fsp3) is 0. The average Bonchev–Trinajstić information content (AvgIpc) is 2.46. The summed E-state index contributed by atoms with van der Waals surface area (Å²) < 4.78 is 0. The summed E-state index contributed by atoms with van der Waals surface area (Å²) in [6.45, 7) is 0.112. The highest BCUT2D eigenvalue weighted by molar-refractivity contribution is 5.88. The second kappa shape index (κ2) is 2.65. The highest BCUT2D eigenvalue weighted by atomic mass is 16.9. The average molecular weight is 178 g/mol. The van der Waals surface area contributed by atoms with E-state index in [4.69, 9.17) is 0 Å². The van der Waals surface area contributed by atoms with Gasteiger partial charge in [-0.1, -0.05) is 16.9 Å². The maximum absolute atomic E-state index is 11.7. The van der Waals surface area contributed by atoms with Gasteiger partial charge in [0.1, 0.15) is 5.69 Å². The van der Waals surface area contributed by atoms with Gasteiger partial charge in [-0.15, -0.1) is 0 Å². The predicted molar refractivity (Wildman–Crippen MR) is 46.9 cm³/mol. The number of carbonyl (C=O) groups is 1. The lowest BCUT2D eigenvalue weighted by Gasteiger charge is -2.27. The van der Waals surface area contributed by atoms with Crippen molar-refractivity contribution < 1.29 is 9.63 Å². The van der Waals surface area contributed by atoms with Gasteiger partial charge >= 0.3 is 6.47 Å². The second-order valence-corrected chi connectivity index (χ2v) is 2.53. The van der Waals surface area contributed by atoms with Crippen molar-refractivity contribution in [3.63, 3.8) is 0 Å². The summed E-state index contributed by atoms with van der Waals surface area (Å²) in [6.07, 6.45) is 1.03. The molecule has 0 aromatic heterocycles. The first-order valence-corrected chi connectivity index (χ1v) is 3.63. The van der Waals surface area contributed by atoms with Crippen LogP contribution in [0.3, 0.4) is 0 Å². The highest BCUT2D eigenvalue weighted by Crippen LogP contribution is 2.36. The molecule has 0 fully saturated rings. The Kier molecular flexibility index (Phi) is 1.61. The van der Waals surface area contributed by atoms with Crippen LogP contribution in [0.15, 0.2) is 29.3 Å². The van der Waals surface area contributed by atoms with Crippen LogP contribution in [-0.4, -0.2) is 12.8 Å². The van der Waals surface area contributed by atoms with Crippen molar-refractivity contribution in [1.29, 1.82) is 0 Å². The molecule has 1 heterocycles. The molecule has 0 spiro atoms. The van der Waals surface area contributed by atoms with E-state index in [0.29, 0.717) is 11.4 Å². The third-order valence-corrected chi connectivity index (χ3v) is 1.77. The fourth-order valence-corrected chi connectivity index (χ4v) is 1.19. The lowest BCUT2D eigenvalue weighted by Crippen LogP contribution is -2.38. The van der Waals surface area contributed by atoms with Crippen LogP contribution in [0.4, 0.5) is 11.4 Å². The lowest BCUT2D eigenvalue weighted by atomic mass is 10.3. The van der Waals surface area contributed by atoms with Crippen molar-refractivity contribution in [1.82, 2.24) is 4.81 Å². The van der Waals surface area contributed by atoms with Crippen LogP contribution in [0, 0.1) is 5.21 Å². The van der Waals surface area contributed by atoms with Crippen molar-refractivity contribution in [2.75, 3.05) is 0 Å². The van der Waals surface area contributed by atoms with Crippen molar-refractivity contribution in [3.8, 4) is 0 Å². The Bertz CT molecular complexity index is 377. The molecule has 0 N–H and O–H groups in total. The molecule has 1 aliphatic heterocycles. The summed E-state index contributed by atoms with van der Waals surface area (Å²) in [5.74, 6) is 0. The van der Waals surface area contributed by atoms with E-state index in [-0.39, 0.29) is 6.47 Å². The number of aliphatic imine (C=N–C) groups is 1. The summed E-state index contributed by atoms with van der Waals surface area (Å²) in [7, 11) is 0. The summed E-state index contributed by atoms with van der Waals surface area (Å²) in [4.78, 5) is 17.0. The van der Waals surface area contributed by atoms with Gasteiger partial charge in [-0.05, 0) is 6.07 Å². The van der Waals surface area contributed by atoms with E-state index < -0.39 is 4.81 Å². The molecule has 0 radical (unpaired) electrons. The molecule has 1 unspecified atom stereocenters. The summed E-state index contributed by atoms with van der Waals surface area (Å²) in [5.41, 5.74) is 0.842. The van der Waals surface area contributed by atoms with Crippen molar-refractivity contribution in [3.05, 3.63) is 29.5 Å². The molecule has 0 saturated carbocycles. The Labute approximate surface area is 74.0 Å². The van der Waals surface area contributed by atoms with E-state index in [0.717, 1.165) is 6.34 Å². The molecule has 5 nitrogen and oxygen atoms in total. The van der Waals surface area contributed by atoms with Gasteiger partial charge in [-0.3, -0.25) is 4.84 Å². The largest absolute Gasteiger partial charge is 0.578 e. The first kappa shape index (κ1) is 7.90.